The number of rotatable bonds is 3. The van der Waals surface area contributed by atoms with Crippen LogP contribution in [0.1, 0.15) is 20.7 Å². The Kier molecular flexibility index (Phi) is 3.51. The first-order valence-corrected chi connectivity index (χ1v) is 4.57. The second-order valence-electron chi connectivity index (χ2n) is 2.38. The molecule has 1 aromatic carbocycles. The van der Waals surface area contributed by atoms with Crippen molar-refractivity contribution in [1.29, 1.82) is 0 Å². The molecule has 0 unspecified atom stereocenters. The van der Waals surface area contributed by atoms with Gasteiger partial charge in [0.1, 0.15) is 0 Å². The van der Waals surface area contributed by atoms with E-state index in [0.717, 1.165) is 0 Å². The number of carbonyl (C=O) groups excluding carboxylic acids is 1. The fraction of sp³-hybridized carbons (Fsp3) is 0. The van der Waals surface area contributed by atoms with E-state index in [1.54, 1.807) is 0 Å². The molecule has 1 rings (SSSR count). The van der Waals surface area contributed by atoms with Crippen molar-refractivity contribution < 1.29 is 22.3 Å². The SMILES string of the molecule is [O]=[Al][O]C(=O)c1ccc(C(=O)O)cc1. The van der Waals surface area contributed by atoms with Crippen LogP contribution in [0.5, 0.6) is 0 Å². The number of carboxylic acid groups (broad SMARTS) is 1. The molecule has 0 heterocycles. The Morgan fingerprint density at radius 2 is 1.64 bits per heavy atom. The first-order valence-electron chi connectivity index (χ1n) is 3.63. The fourth-order valence-electron chi connectivity index (χ4n) is 0.861. The van der Waals surface area contributed by atoms with Gasteiger partial charge in [0.15, 0.2) is 0 Å². The zero-order valence-corrected chi connectivity index (χ0v) is 8.12. The van der Waals surface area contributed by atoms with Crippen LogP contribution in [0.15, 0.2) is 24.3 Å². The second-order valence-corrected chi connectivity index (χ2v) is 2.81. The van der Waals surface area contributed by atoms with Gasteiger partial charge >= 0.3 is 85.1 Å². The average molecular weight is 208 g/mol. The quantitative estimate of drug-likeness (QED) is 0.731. The average Bonchev–Trinajstić information content (AvgIpc) is 2.18. The molecule has 0 radical (unpaired) electrons. The van der Waals surface area contributed by atoms with Crippen molar-refractivity contribution in [3.8, 4) is 0 Å². The molecule has 0 saturated carbocycles. The van der Waals surface area contributed by atoms with Gasteiger partial charge in [-0.15, -0.1) is 0 Å². The van der Waals surface area contributed by atoms with Gasteiger partial charge in [0.25, 0.3) is 0 Å². The molecule has 0 amide bonds. The Balaban J connectivity index is 2.88. The number of hydrogen-bond donors (Lipinski definition) is 1. The van der Waals surface area contributed by atoms with Crippen LogP contribution in [0.3, 0.4) is 0 Å². The summed E-state index contributed by atoms with van der Waals surface area (Å²) in [6.45, 7) is 0. The number of benzene rings is 1. The molecule has 0 aromatic heterocycles. The zero-order valence-electron chi connectivity index (χ0n) is 6.97. The van der Waals surface area contributed by atoms with Crippen molar-refractivity contribution in [2.24, 2.45) is 0 Å². The summed E-state index contributed by atoms with van der Waals surface area (Å²) in [5.74, 6) is -1.79. The first-order chi connectivity index (χ1) is 6.65. The molecule has 14 heavy (non-hydrogen) atoms. The van der Waals surface area contributed by atoms with Gasteiger partial charge in [0.2, 0.25) is 0 Å². The molecule has 0 bridgehead atoms. The third kappa shape index (κ3) is 2.49. The fourth-order valence-corrected chi connectivity index (χ4v) is 1.08. The van der Waals surface area contributed by atoms with Gasteiger partial charge in [-0.3, -0.25) is 0 Å². The van der Waals surface area contributed by atoms with Crippen molar-refractivity contribution in [2.75, 3.05) is 0 Å². The number of hydrogen-bond acceptors (Lipinski definition) is 4. The Labute approximate surface area is 85.6 Å². The molecule has 0 aliphatic carbocycles. The van der Waals surface area contributed by atoms with Crippen LogP contribution in [0, 0.1) is 0 Å². The van der Waals surface area contributed by atoms with Gasteiger partial charge in [-0.25, -0.2) is 0 Å². The van der Waals surface area contributed by atoms with Gasteiger partial charge in [-0.05, 0) is 0 Å². The van der Waals surface area contributed by atoms with E-state index in [-0.39, 0.29) is 11.1 Å². The van der Waals surface area contributed by atoms with Crippen LogP contribution in [-0.2, 0) is 7.59 Å². The van der Waals surface area contributed by atoms with Crippen LogP contribution in [-0.4, -0.2) is 32.5 Å². The van der Waals surface area contributed by atoms with E-state index < -0.39 is 27.4 Å². The monoisotopic (exact) mass is 208 g/mol. The molecular weight excluding hydrogens is 203 g/mol. The Morgan fingerprint density at radius 3 is 2.07 bits per heavy atom. The van der Waals surface area contributed by atoms with E-state index in [9.17, 15) is 13.4 Å². The van der Waals surface area contributed by atoms with Crippen LogP contribution in [0.25, 0.3) is 0 Å². The maximum absolute atomic E-state index is 11.0. The molecule has 0 atom stereocenters. The summed E-state index contributed by atoms with van der Waals surface area (Å²) in [6, 6.07) is 5.17. The minimum atomic E-state index is -1.59. The molecule has 70 valence electrons. The molecule has 0 aliphatic heterocycles. The Bertz CT molecular complexity index is 370. The third-order valence-electron chi connectivity index (χ3n) is 1.52. The van der Waals surface area contributed by atoms with E-state index >= 15 is 0 Å². The predicted molar refractivity (Wildman–Crippen MR) is 45.3 cm³/mol. The summed E-state index contributed by atoms with van der Waals surface area (Å²) in [4.78, 5) is 21.4. The predicted octanol–water partition coefficient (Wildman–Crippen LogP) is 0.506. The van der Waals surface area contributed by atoms with Crippen LogP contribution in [0.2, 0.25) is 0 Å². The molecule has 6 heteroatoms. The summed E-state index contributed by atoms with van der Waals surface area (Å²) in [7, 11) is 0. The Morgan fingerprint density at radius 1 is 1.14 bits per heavy atom. The topological polar surface area (TPSA) is 80.7 Å². The number of carboxylic acids is 1. The molecule has 1 aromatic rings. The molecule has 0 fully saturated rings. The first kappa shape index (κ1) is 10.6. The standard InChI is InChI=1S/C8H6O4.Al.O/c9-7(10)5-1-2-6(4-3-5)8(11)12;;/h1-4H,(H,9,10)(H,11,12);;/q;+1;/p-1. The molecule has 5 nitrogen and oxygen atoms in total. The summed E-state index contributed by atoms with van der Waals surface area (Å²) in [5.41, 5.74) is 0.259. The van der Waals surface area contributed by atoms with Crippen molar-refractivity contribution in [2.45, 2.75) is 0 Å². The minimum absolute atomic E-state index is 0.0796. The maximum atomic E-state index is 11.0. The molecule has 0 saturated heterocycles. The summed E-state index contributed by atoms with van der Waals surface area (Å²) >= 11 is -1.59. The van der Waals surface area contributed by atoms with Gasteiger partial charge in [-0.2, -0.15) is 0 Å². The second kappa shape index (κ2) is 4.65. The molecule has 1 N–H and O–H groups in total. The van der Waals surface area contributed by atoms with Crippen molar-refractivity contribution >= 4 is 27.4 Å². The van der Waals surface area contributed by atoms with Gasteiger partial charge in [-0.1, -0.05) is 0 Å². The summed E-state index contributed by atoms with van der Waals surface area (Å²) in [6.07, 6.45) is 0. The summed E-state index contributed by atoms with van der Waals surface area (Å²) < 4.78 is 14.3. The molecule has 0 spiro atoms. The van der Waals surface area contributed by atoms with Gasteiger partial charge in [0.05, 0.1) is 0 Å². The number of carbonyl (C=O) groups is 2. The summed E-state index contributed by atoms with van der Waals surface area (Å²) in [5, 5.41) is 8.56. The molecular formula is C8H5AlO5. The number of aromatic carboxylic acids is 1. The van der Waals surface area contributed by atoms with Crippen LogP contribution in [0.4, 0.5) is 0 Å². The third-order valence-corrected chi connectivity index (χ3v) is 1.83. The van der Waals surface area contributed by atoms with Crippen molar-refractivity contribution in [3.63, 3.8) is 0 Å². The van der Waals surface area contributed by atoms with Gasteiger partial charge in [0, 0.05) is 0 Å². The molecule has 0 aliphatic rings. The van der Waals surface area contributed by atoms with E-state index in [2.05, 4.69) is 3.79 Å². The van der Waals surface area contributed by atoms with E-state index in [0.29, 0.717) is 0 Å². The van der Waals surface area contributed by atoms with Gasteiger partial charge < -0.3 is 0 Å². The Hall–Kier alpha value is -1.51. The normalized spacial score (nSPS) is 8.86. The van der Waals surface area contributed by atoms with Crippen molar-refractivity contribution in [3.05, 3.63) is 35.4 Å². The van der Waals surface area contributed by atoms with Crippen LogP contribution >= 0.6 is 0 Å². The zero-order chi connectivity index (χ0) is 10.6. The van der Waals surface area contributed by atoms with Crippen molar-refractivity contribution in [1.82, 2.24) is 0 Å². The van der Waals surface area contributed by atoms with E-state index in [1.807, 2.05) is 0 Å². The van der Waals surface area contributed by atoms with E-state index in [4.69, 9.17) is 5.11 Å². The van der Waals surface area contributed by atoms with Crippen LogP contribution < -0.4 is 0 Å². The van der Waals surface area contributed by atoms with E-state index in [1.165, 1.54) is 24.3 Å².